The molecule has 0 bridgehead atoms. The first-order valence-electron chi connectivity index (χ1n) is 11.3. The van der Waals surface area contributed by atoms with E-state index in [9.17, 15) is 4.79 Å². The molecule has 0 aromatic carbocycles. The van der Waals surface area contributed by atoms with Crippen molar-refractivity contribution in [1.29, 1.82) is 0 Å². The van der Waals surface area contributed by atoms with E-state index < -0.39 is 0 Å². The molecule has 1 aromatic heterocycles. The van der Waals surface area contributed by atoms with E-state index in [4.69, 9.17) is 0 Å². The van der Waals surface area contributed by atoms with Crippen molar-refractivity contribution in [3.8, 4) is 0 Å². The molecule has 1 unspecified atom stereocenters. The van der Waals surface area contributed by atoms with Crippen molar-refractivity contribution in [2.45, 2.75) is 57.5 Å². The van der Waals surface area contributed by atoms with Crippen LogP contribution < -0.4 is 10.6 Å². The number of aliphatic imine (C=N–C) groups is 1. The molecule has 168 valence electrons. The van der Waals surface area contributed by atoms with E-state index in [-0.39, 0.29) is 29.9 Å². The zero-order chi connectivity index (χ0) is 20.1. The van der Waals surface area contributed by atoms with Gasteiger partial charge in [-0.05, 0) is 42.7 Å². The van der Waals surface area contributed by atoms with Crippen LogP contribution in [-0.4, -0.2) is 67.5 Å². The highest BCUT2D eigenvalue weighted by molar-refractivity contribution is 14.0. The van der Waals surface area contributed by atoms with Crippen LogP contribution in [0.25, 0.3) is 0 Å². The SMILES string of the molecule is CN=C(NCCN1CCc2sccc2C1)NC1CCN(C(=O)C2CCCCC2)C1.I. The number of rotatable bonds is 5. The normalized spacial score (nSPS) is 23.0. The summed E-state index contributed by atoms with van der Waals surface area (Å²) in [7, 11) is 1.83. The zero-order valence-corrected chi connectivity index (χ0v) is 21.2. The molecule has 2 fully saturated rings. The van der Waals surface area contributed by atoms with Crippen LogP contribution in [0, 0.1) is 5.92 Å². The average molecular weight is 546 g/mol. The van der Waals surface area contributed by atoms with Gasteiger partial charge in [0.2, 0.25) is 5.91 Å². The fourth-order valence-electron chi connectivity index (χ4n) is 4.90. The summed E-state index contributed by atoms with van der Waals surface area (Å²) in [5, 5.41) is 9.21. The highest BCUT2D eigenvalue weighted by Crippen LogP contribution is 2.27. The molecule has 1 saturated carbocycles. The first-order valence-corrected chi connectivity index (χ1v) is 12.1. The lowest BCUT2D eigenvalue weighted by Gasteiger charge is -2.27. The predicted molar refractivity (Wildman–Crippen MR) is 135 cm³/mol. The van der Waals surface area contributed by atoms with Gasteiger partial charge in [-0.2, -0.15) is 0 Å². The second kappa shape index (κ2) is 11.7. The van der Waals surface area contributed by atoms with E-state index in [1.54, 1.807) is 4.88 Å². The predicted octanol–water partition coefficient (Wildman–Crippen LogP) is 3.07. The van der Waals surface area contributed by atoms with E-state index in [1.165, 1.54) is 31.2 Å². The molecular weight excluding hydrogens is 509 g/mol. The second-order valence-electron chi connectivity index (χ2n) is 8.64. The van der Waals surface area contributed by atoms with Crippen LogP contribution in [0.4, 0.5) is 0 Å². The van der Waals surface area contributed by atoms with Gasteiger partial charge in [0, 0.05) is 63.2 Å². The number of fused-ring (bicyclic) bond motifs is 1. The van der Waals surface area contributed by atoms with Gasteiger partial charge in [0.15, 0.2) is 5.96 Å². The third-order valence-electron chi connectivity index (χ3n) is 6.63. The summed E-state index contributed by atoms with van der Waals surface area (Å²) >= 11 is 1.89. The summed E-state index contributed by atoms with van der Waals surface area (Å²) in [5.41, 5.74) is 1.50. The minimum atomic E-state index is 0. The Kier molecular flexibility index (Phi) is 9.25. The van der Waals surface area contributed by atoms with Crippen LogP contribution in [0.5, 0.6) is 0 Å². The molecule has 1 saturated heterocycles. The molecule has 2 aliphatic heterocycles. The van der Waals surface area contributed by atoms with Crippen molar-refractivity contribution in [2.24, 2.45) is 10.9 Å². The maximum Gasteiger partial charge on any atom is 0.225 e. The Hall–Kier alpha value is -0.870. The number of nitrogens with one attached hydrogen (secondary N) is 2. The first-order chi connectivity index (χ1) is 14.2. The Bertz CT molecular complexity index is 718. The van der Waals surface area contributed by atoms with Crippen molar-refractivity contribution in [3.05, 3.63) is 21.9 Å². The molecule has 8 heteroatoms. The maximum atomic E-state index is 12.8. The summed E-state index contributed by atoms with van der Waals surface area (Å²) in [6.45, 7) is 5.79. The van der Waals surface area contributed by atoms with Crippen molar-refractivity contribution in [1.82, 2.24) is 20.4 Å². The van der Waals surface area contributed by atoms with Crippen molar-refractivity contribution in [2.75, 3.05) is 39.8 Å². The van der Waals surface area contributed by atoms with Gasteiger partial charge in [-0.1, -0.05) is 19.3 Å². The second-order valence-corrected chi connectivity index (χ2v) is 9.64. The number of halogens is 1. The lowest BCUT2D eigenvalue weighted by atomic mass is 9.88. The molecule has 1 aromatic rings. The van der Waals surface area contributed by atoms with E-state index in [0.29, 0.717) is 11.9 Å². The largest absolute Gasteiger partial charge is 0.355 e. The highest BCUT2D eigenvalue weighted by atomic mass is 127. The van der Waals surface area contributed by atoms with Gasteiger partial charge < -0.3 is 15.5 Å². The molecule has 1 atom stereocenters. The number of hydrogen-bond donors (Lipinski definition) is 2. The topological polar surface area (TPSA) is 60.0 Å². The fraction of sp³-hybridized carbons (Fsp3) is 0.727. The Balaban J connectivity index is 0.00000256. The summed E-state index contributed by atoms with van der Waals surface area (Å²) in [6.07, 6.45) is 8.07. The van der Waals surface area contributed by atoms with Gasteiger partial charge in [0.1, 0.15) is 0 Å². The molecule has 3 heterocycles. The molecular formula is C22H36IN5OS. The lowest BCUT2D eigenvalue weighted by Crippen LogP contribution is -2.47. The molecule has 6 nitrogen and oxygen atoms in total. The number of amides is 1. The fourth-order valence-corrected chi connectivity index (χ4v) is 5.79. The quantitative estimate of drug-likeness (QED) is 0.340. The minimum Gasteiger partial charge on any atom is -0.355 e. The Labute approximate surface area is 201 Å². The van der Waals surface area contributed by atoms with Crippen LogP contribution >= 0.6 is 35.3 Å². The number of guanidine groups is 1. The smallest absolute Gasteiger partial charge is 0.225 e. The van der Waals surface area contributed by atoms with Gasteiger partial charge in [-0.3, -0.25) is 14.7 Å². The minimum absolute atomic E-state index is 0. The van der Waals surface area contributed by atoms with E-state index in [0.717, 1.165) is 64.5 Å². The number of carbonyl (C=O) groups excluding carboxylic acids is 1. The monoisotopic (exact) mass is 545 g/mol. The third kappa shape index (κ3) is 6.09. The van der Waals surface area contributed by atoms with E-state index in [2.05, 4.69) is 36.9 Å². The van der Waals surface area contributed by atoms with E-state index in [1.807, 2.05) is 18.4 Å². The standard InChI is InChI=1S/C22H35N5OS.HI/c1-23-22(24-10-13-26-11-8-20-18(15-26)9-14-29-20)25-19-7-12-27(16-19)21(28)17-5-3-2-4-6-17;/h9,14,17,19H,2-8,10-13,15-16H2,1H3,(H2,23,24,25);1H. The van der Waals surface area contributed by atoms with Crippen molar-refractivity contribution < 1.29 is 4.79 Å². The molecule has 1 amide bonds. The lowest BCUT2D eigenvalue weighted by molar-refractivity contribution is -0.135. The number of carbonyl (C=O) groups is 1. The summed E-state index contributed by atoms with van der Waals surface area (Å²) in [4.78, 5) is 23.3. The van der Waals surface area contributed by atoms with Crippen LogP contribution in [0.3, 0.4) is 0 Å². The molecule has 30 heavy (non-hydrogen) atoms. The first kappa shape index (κ1) is 23.8. The van der Waals surface area contributed by atoms with Crippen LogP contribution in [0.1, 0.15) is 49.0 Å². The van der Waals surface area contributed by atoms with Gasteiger partial charge in [0.05, 0.1) is 0 Å². The average Bonchev–Trinajstić information content (AvgIpc) is 3.42. The number of hydrogen-bond acceptors (Lipinski definition) is 4. The number of nitrogens with zero attached hydrogens (tertiary/aromatic N) is 3. The molecule has 4 rings (SSSR count). The third-order valence-corrected chi connectivity index (χ3v) is 7.65. The number of thiophene rings is 1. The van der Waals surface area contributed by atoms with Crippen LogP contribution in [0.2, 0.25) is 0 Å². The summed E-state index contributed by atoms with van der Waals surface area (Å²) in [5.74, 6) is 1.51. The molecule has 0 spiro atoms. The Morgan fingerprint density at radius 3 is 2.87 bits per heavy atom. The van der Waals surface area contributed by atoms with Gasteiger partial charge in [-0.25, -0.2) is 0 Å². The Morgan fingerprint density at radius 2 is 2.07 bits per heavy atom. The highest BCUT2D eigenvalue weighted by Gasteiger charge is 2.31. The van der Waals surface area contributed by atoms with Crippen LogP contribution in [0.15, 0.2) is 16.4 Å². The van der Waals surface area contributed by atoms with Gasteiger partial charge in [-0.15, -0.1) is 35.3 Å². The van der Waals surface area contributed by atoms with E-state index >= 15 is 0 Å². The summed E-state index contributed by atoms with van der Waals surface area (Å²) in [6, 6.07) is 2.57. The number of likely N-dealkylation sites (tertiary alicyclic amines) is 1. The summed E-state index contributed by atoms with van der Waals surface area (Å²) < 4.78 is 0. The van der Waals surface area contributed by atoms with Crippen molar-refractivity contribution in [3.63, 3.8) is 0 Å². The molecule has 0 radical (unpaired) electrons. The zero-order valence-electron chi connectivity index (χ0n) is 18.1. The van der Waals surface area contributed by atoms with Crippen molar-refractivity contribution >= 4 is 47.2 Å². The molecule has 1 aliphatic carbocycles. The molecule has 3 aliphatic rings. The van der Waals surface area contributed by atoms with Gasteiger partial charge in [0.25, 0.3) is 0 Å². The molecule has 2 N–H and O–H groups in total. The Morgan fingerprint density at radius 1 is 1.23 bits per heavy atom. The van der Waals surface area contributed by atoms with Gasteiger partial charge >= 0.3 is 0 Å². The van der Waals surface area contributed by atoms with Crippen LogP contribution in [-0.2, 0) is 17.8 Å². The maximum absolute atomic E-state index is 12.8.